The van der Waals surface area contributed by atoms with Crippen LogP contribution in [0.4, 0.5) is 0 Å². The molecule has 0 spiro atoms. The quantitative estimate of drug-likeness (QED) is 0.866. The number of benzene rings is 2. The summed E-state index contributed by atoms with van der Waals surface area (Å²) in [6, 6.07) is 16.7. The first-order valence-electron chi connectivity index (χ1n) is 7.95. The van der Waals surface area contributed by atoms with Crippen LogP contribution in [-0.4, -0.2) is 20.2 Å². The van der Waals surface area contributed by atoms with Gasteiger partial charge in [-0.3, -0.25) is 0 Å². The molecule has 1 atom stereocenters. The maximum Gasteiger partial charge on any atom is 0.213 e. The molecule has 0 bridgehead atoms. The molecule has 124 valence electrons. The molecule has 0 amide bonds. The summed E-state index contributed by atoms with van der Waals surface area (Å²) in [6.07, 6.45) is 0. The van der Waals surface area contributed by atoms with Gasteiger partial charge in [0.1, 0.15) is 0 Å². The third kappa shape index (κ3) is 4.43. The van der Waals surface area contributed by atoms with Gasteiger partial charge in [-0.1, -0.05) is 55.5 Å². The molecule has 0 aliphatic carbocycles. The standard InChI is InChI=1S/C19H25NO2S/c1-14(2)23(21,22)20-13-16(4)17-9-11-18(12-10-17)19-8-6-5-7-15(19)3/h5-12,14,16,20H,13H2,1-4H3. The first-order chi connectivity index (χ1) is 10.8. The highest BCUT2D eigenvalue weighted by atomic mass is 32.2. The van der Waals surface area contributed by atoms with Gasteiger partial charge in [0.15, 0.2) is 0 Å². The number of hydrogen-bond donors (Lipinski definition) is 1. The summed E-state index contributed by atoms with van der Waals surface area (Å²) < 4.78 is 26.3. The second kappa shape index (κ2) is 7.28. The van der Waals surface area contributed by atoms with Crippen LogP contribution in [0.5, 0.6) is 0 Å². The SMILES string of the molecule is Cc1ccccc1-c1ccc(C(C)CNS(=O)(=O)C(C)C)cc1. The Bertz CT molecular complexity index is 749. The summed E-state index contributed by atoms with van der Waals surface area (Å²) in [5.74, 6) is 0.134. The largest absolute Gasteiger partial charge is 0.214 e. The summed E-state index contributed by atoms with van der Waals surface area (Å²) in [5, 5.41) is -0.405. The summed E-state index contributed by atoms with van der Waals surface area (Å²) >= 11 is 0. The Morgan fingerprint density at radius 2 is 1.57 bits per heavy atom. The van der Waals surface area contributed by atoms with Gasteiger partial charge in [-0.25, -0.2) is 13.1 Å². The van der Waals surface area contributed by atoms with Crippen LogP contribution in [0, 0.1) is 6.92 Å². The van der Waals surface area contributed by atoms with Gasteiger partial charge in [0.2, 0.25) is 10.0 Å². The van der Waals surface area contributed by atoms with Crippen molar-refractivity contribution in [3.8, 4) is 11.1 Å². The molecule has 0 saturated carbocycles. The number of nitrogens with one attached hydrogen (secondary N) is 1. The Labute approximate surface area is 139 Å². The van der Waals surface area contributed by atoms with Gasteiger partial charge in [0.05, 0.1) is 5.25 Å². The second-order valence-electron chi connectivity index (χ2n) is 6.28. The van der Waals surface area contributed by atoms with E-state index in [4.69, 9.17) is 0 Å². The van der Waals surface area contributed by atoms with Crippen molar-refractivity contribution in [3.05, 3.63) is 59.7 Å². The van der Waals surface area contributed by atoms with Crippen LogP contribution >= 0.6 is 0 Å². The first kappa shape index (κ1) is 17.7. The topological polar surface area (TPSA) is 46.2 Å². The zero-order chi connectivity index (χ0) is 17.0. The van der Waals surface area contributed by atoms with Gasteiger partial charge < -0.3 is 0 Å². The molecule has 0 saturated heterocycles. The van der Waals surface area contributed by atoms with Crippen molar-refractivity contribution in [1.29, 1.82) is 0 Å². The fraction of sp³-hybridized carbons (Fsp3) is 0.368. The number of aryl methyl sites for hydroxylation is 1. The third-order valence-corrected chi connectivity index (χ3v) is 5.96. The van der Waals surface area contributed by atoms with E-state index in [9.17, 15) is 8.42 Å². The molecule has 1 unspecified atom stereocenters. The van der Waals surface area contributed by atoms with Gasteiger partial charge in [-0.05, 0) is 48.9 Å². The van der Waals surface area contributed by atoms with Crippen LogP contribution in [0.3, 0.4) is 0 Å². The van der Waals surface area contributed by atoms with Crippen LogP contribution < -0.4 is 4.72 Å². The van der Waals surface area contributed by atoms with E-state index in [-0.39, 0.29) is 5.92 Å². The lowest BCUT2D eigenvalue weighted by molar-refractivity contribution is 0.566. The van der Waals surface area contributed by atoms with E-state index in [1.807, 2.05) is 19.1 Å². The molecule has 23 heavy (non-hydrogen) atoms. The molecule has 4 heteroatoms. The lowest BCUT2D eigenvalue weighted by Crippen LogP contribution is -2.33. The normalized spacial score (nSPS) is 13.3. The van der Waals surface area contributed by atoms with Crippen LogP contribution in [-0.2, 0) is 10.0 Å². The van der Waals surface area contributed by atoms with Gasteiger partial charge >= 0.3 is 0 Å². The molecule has 3 nitrogen and oxygen atoms in total. The lowest BCUT2D eigenvalue weighted by atomic mass is 9.96. The van der Waals surface area contributed by atoms with E-state index < -0.39 is 15.3 Å². The van der Waals surface area contributed by atoms with E-state index in [0.717, 1.165) is 5.56 Å². The van der Waals surface area contributed by atoms with Crippen molar-refractivity contribution in [2.45, 2.75) is 38.9 Å². The minimum Gasteiger partial charge on any atom is -0.214 e. The first-order valence-corrected chi connectivity index (χ1v) is 9.50. The van der Waals surface area contributed by atoms with Crippen LogP contribution in [0.1, 0.15) is 37.8 Å². The van der Waals surface area contributed by atoms with Crippen molar-refractivity contribution in [2.24, 2.45) is 0 Å². The number of hydrogen-bond acceptors (Lipinski definition) is 2. The Morgan fingerprint density at radius 3 is 2.13 bits per heavy atom. The fourth-order valence-corrected chi connectivity index (χ4v) is 3.23. The monoisotopic (exact) mass is 331 g/mol. The Balaban J connectivity index is 2.09. The summed E-state index contributed by atoms with van der Waals surface area (Å²) in [5.41, 5.74) is 4.79. The van der Waals surface area contributed by atoms with Crippen LogP contribution in [0.2, 0.25) is 0 Å². The molecule has 0 aliphatic rings. The zero-order valence-electron chi connectivity index (χ0n) is 14.2. The van der Waals surface area contributed by atoms with Crippen molar-refractivity contribution >= 4 is 10.0 Å². The van der Waals surface area contributed by atoms with Crippen molar-refractivity contribution in [3.63, 3.8) is 0 Å². The molecule has 0 fully saturated rings. The average molecular weight is 331 g/mol. The van der Waals surface area contributed by atoms with Crippen molar-refractivity contribution in [1.82, 2.24) is 4.72 Å². The van der Waals surface area contributed by atoms with Gasteiger partial charge in [-0.15, -0.1) is 0 Å². The lowest BCUT2D eigenvalue weighted by Gasteiger charge is -2.15. The summed E-state index contributed by atoms with van der Waals surface area (Å²) in [6.45, 7) is 7.93. The predicted octanol–water partition coefficient (Wildman–Crippen LogP) is 4.09. The smallest absolute Gasteiger partial charge is 0.213 e. The fourth-order valence-electron chi connectivity index (χ4n) is 2.41. The molecular weight excluding hydrogens is 306 g/mol. The number of rotatable bonds is 6. The molecule has 0 aromatic heterocycles. The maximum absolute atomic E-state index is 11.8. The van der Waals surface area contributed by atoms with Crippen LogP contribution in [0.15, 0.2) is 48.5 Å². The number of sulfonamides is 1. The van der Waals surface area contributed by atoms with E-state index in [2.05, 4.69) is 48.0 Å². The highest BCUT2D eigenvalue weighted by Crippen LogP contribution is 2.25. The molecule has 1 N–H and O–H groups in total. The maximum atomic E-state index is 11.8. The van der Waals surface area contributed by atoms with Gasteiger partial charge in [0, 0.05) is 6.54 Å². The molecule has 0 heterocycles. The molecule has 2 aromatic carbocycles. The summed E-state index contributed by atoms with van der Waals surface area (Å²) in [4.78, 5) is 0. The van der Waals surface area contributed by atoms with Crippen LogP contribution in [0.25, 0.3) is 11.1 Å². The summed E-state index contributed by atoms with van der Waals surface area (Å²) in [7, 11) is -3.21. The highest BCUT2D eigenvalue weighted by Gasteiger charge is 2.17. The van der Waals surface area contributed by atoms with E-state index in [1.165, 1.54) is 16.7 Å². The predicted molar refractivity (Wildman–Crippen MR) is 97.1 cm³/mol. The van der Waals surface area contributed by atoms with Gasteiger partial charge in [-0.2, -0.15) is 0 Å². The molecule has 0 radical (unpaired) electrons. The van der Waals surface area contributed by atoms with E-state index in [0.29, 0.717) is 6.54 Å². The Kier molecular flexibility index (Phi) is 5.60. The van der Waals surface area contributed by atoms with E-state index in [1.54, 1.807) is 13.8 Å². The second-order valence-corrected chi connectivity index (χ2v) is 8.60. The van der Waals surface area contributed by atoms with Crippen molar-refractivity contribution in [2.75, 3.05) is 6.54 Å². The molecular formula is C19H25NO2S. The van der Waals surface area contributed by atoms with E-state index >= 15 is 0 Å². The molecule has 2 aromatic rings. The molecule has 0 aliphatic heterocycles. The Hall–Kier alpha value is -1.65. The Morgan fingerprint density at radius 1 is 0.957 bits per heavy atom. The zero-order valence-corrected chi connectivity index (χ0v) is 15.0. The third-order valence-electron chi connectivity index (χ3n) is 4.15. The van der Waals surface area contributed by atoms with Gasteiger partial charge in [0.25, 0.3) is 0 Å². The highest BCUT2D eigenvalue weighted by molar-refractivity contribution is 7.90. The minimum atomic E-state index is -3.21. The van der Waals surface area contributed by atoms with Crippen molar-refractivity contribution < 1.29 is 8.42 Å². The molecule has 2 rings (SSSR count). The average Bonchev–Trinajstić information content (AvgIpc) is 2.53. The minimum absolute atomic E-state index is 0.134.